The third-order valence-corrected chi connectivity index (χ3v) is 3.96. The number of halogens is 3. The molecule has 2 rings (SSSR count). The van der Waals surface area contributed by atoms with Crippen molar-refractivity contribution in [2.45, 2.75) is 57.2 Å². The number of nitrogens with one attached hydrogen (secondary N) is 1. The van der Waals surface area contributed by atoms with Crippen molar-refractivity contribution in [1.82, 2.24) is 5.32 Å². The minimum atomic E-state index is -4.11. The van der Waals surface area contributed by atoms with E-state index < -0.39 is 12.1 Å². The predicted octanol–water partition coefficient (Wildman–Crippen LogP) is 3.02. The van der Waals surface area contributed by atoms with Crippen molar-refractivity contribution < 1.29 is 18.0 Å². The average molecular weight is 249 g/mol. The third kappa shape index (κ3) is 3.13. The van der Waals surface area contributed by atoms with Gasteiger partial charge in [-0.2, -0.15) is 13.2 Å². The van der Waals surface area contributed by atoms with Gasteiger partial charge in [-0.15, -0.1) is 0 Å². The lowest BCUT2D eigenvalue weighted by atomic mass is 9.82. The molecule has 0 aromatic heterocycles. The van der Waals surface area contributed by atoms with E-state index in [1.807, 2.05) is 0 Å². The SMILES string of the molecule is O=C(N[C@H]1CCC[C@@H](C(F)(F)F)C1)C1CCC1. The highest BCUT2D eigenvalue weighted by molar-refractivity contribution is 5.79. The molecule has 0 radical (unpaired) electrons. The van der Waals surface area contributed by atoms with Crippen molar-refractivity contribution >= 4 is 5.91 Å². The molecule has 0 aliphatic heterocycles. The number of hydrogen-bond acceptors (Lipinski definition) is 1. The number of carbonyl (C=O) groups is 1. The Hall–Kier alpha value is -0.740. The molecule has 2 aliphatic carbocycles. The van der Waals surface area contributed by atoms with Gasteiger partial charge in [-0.1, -0.05) is 12.8 Å². The molecular weight excluding hydrogens is 231 g/mol. The zero-order chi connectivity index (χ0) is 12.5. The molecule has 1 amide bonds. The predicted molar refractivity (Wildman–Crippen MR) is 57.3 cm³/mol. The topological polar surface area (TPSA) is 29.1 Å². The summed E-state index contributed by atoms with van der Waals surface area (Å²) >= 11 is 0. The lowest BCUT2D eigenvalue weighted by Crippen LogP contribution is -2.45. The van der Waals surface area contributed by atoms with Gasteiger partial charge in [-0.05, 0) is 32.1 Å². The van der Waals surface area contributed by atoms with Crippen molar-refractivity contribution in [3.63, 3.8) is 0 Å². The summed E-state index contributed by atoms with van der Waals surface area (Å²) in [6.45, 7) is 0. The zero-order valence-corrected chi connectivity index (χ0v) is 9.72. The maximum Gasteiger partial charge on any atom is 0.391 e. The van der Waals surface area contributed by atoms with Crippen LogP contribution in [0, 0.1) is 11.8 Å². The number of alkyl halides is 3. The first-order chi connectivity index (χ1) is 7.97. The van der Waals surface area contributed by atoms with Crippen molar-refractivity contribution in [3.05, 3.63) is 0 Å². The highest BCUT2D eigenvalue weighted by Crippen LogP contribution is 2.37. The van der Waals surface area contributed by atoms with Crippen molar-refractivity contribution in [2.24, 2.45) is 11.8 Å². The first-order valence-corrected chi connectivity index (χ1v) is 6.34. The number of carbonyl (C=O) groups excluding carboxylic acids is 1. The summed E-state index contributed by atoms with van der Waals surface area (Å²) in [4.78, 5) is 11.7. The molecule has 2 atom stereocenters. The van der Waals surface area contributed by atoms with Crippen LogP contribution in [0.2, 0.25) is 0 Å². The second-order valence-corrected chi connectivity index (χ2v) is 5.24. The van der Waals surface area contributed by atoms with Crippen LogP contribution in [0.15, 0.2) is 0 Å². The summed E-state index contributed by atoms with van der Waals surface area (Å²) in [5.41, 5.74) is 0. The Morgan fingerprint density at radius 3 is 2.24 bits per heavy atom. The summed E-state index contributed by atoms with van der Waals surface area (Å²) in [6, 6.07) is -0.275. The van der Waals surface area contributed by atoms with E-state index in [0.29, 0.717) is 12.8 Å². The molecule has 0 spiro atoms. The second-order valence-electron chi connectivity index (χ2n) is 5.24. The van der Waals surface area contributed by atoms with Gasteiger partial charge >= 0.3 is 6.18 Å². The van der Waals surface area contributed by atoms with E-state index >= 15 is 0 Å². The Kier molecular flexibility index (Phi) is 3.64. The minimum Gasteiger partial charge on any atom is -0.353 e. The first kappa shape index (κ1) is 12.7. The van der Waals surface area contributed by atoms with Crippen LogP contribution in [-0.4, -0.2) is 18.1 Å². The fourth-order valence-electron chi connectivity index (χ4n) is 2.61. The van der Waals surface area contributed by atoms with Gasteiger partial charge in [0.15, 0.2) is 0 Å². The van der Waals surface area contributed by atoms with Gasteiger partial charge < -0.3 is 5.32 Å². The van der Waals surface area contributed by atoms with Gasteiger partial charge in [-0.3, -0.25) is 4.79 Å². The second kappa shape index (κ2) is 4.86. The highest BCUT2D eigenvalue weighted by atomic mass is 19.4. The van der Waals surface area contributed by atoms with Gasteiger partial charge in [0.25, 0.3) is 0 Å². The number of hydrogen-bond donors (Lipinski definition) is 1. The third-order valence-electron chi connectivity index (χ3n) is 3.96. The van der Waals surface area contributed by atoms with E-state index in [0.717, 1.165) is 19.3 Å². The zero-order valence-electron chi connectivity index (χ0n) is 9.72. The summed E-state index contributed by atoms with van der Waals surface area (Å²) in [7, 11) is 0. The van der Waals surface area contributed by atoms with Crippen LogP contribution >= 0.6 is 0 Å². The molecule has 1 N–H and O–H groups in total. The van der Waals surface area contributed by atoms with E-state index in [1.54, 1.807) is 0 Å². The molecular formula is C12H18F3NO. The van der Waals surface area contributed by atoms with Gasteiger partial charge in [0.1, 0.15) is 0 Å². The van der Waals surface area contributed by atoms with Crippen LogP contribution in [0.3, 0.4) is 0 Å². The number of rotatable bonds is 2. The average Bonchev–Trinajstić information content (AvgIpc) is 2.13. The summed E-state index contributed by atoms with van der Waals surface area (Å²) in [5, 5.41) is 2.78. The highest BCUT2D eigenvalue weighted by Gasteiger charge is 2.42. The molecule has 2 aliphatic rings. The smallest absolute Gasteiger partial charge is 0.353 e. The van der Waals surface area contributed by atoms with Crippen molar-refractivity contribution in [1.29, 1.82) is 0 Å². The van der Waals surface area contributed by atoms with Gasteiger partial charge in [0, 0.05) is 12.0 Å². The summed E-state index contributed by atoms with van der Waals surface area (Å²) in [6.07, 6.45) is 0.238. The van der Waals surface area contributed by atoms with E-state index in [1.165, 1.54) is 0 Å². The van der Waals surface area contributed by atoms with Crippen LogP contribution in [0.4, 0.5) is 13.2 Å². The van der Waals surface area contributed by atoms with E-state index in [-0.39, 0.29) is 30.7 Å². The van der Waals surface area contributed by atoms with E-state index in [4.69, 9.17) is 0 Å². The van der Waals surface area contributed by atoms with E-state index in [2.05, 4.69) is 5.32 Å². The molecule has 0 heterocycles. The minimum absolute atomic E-state index is 0.0379. The molecule has 2 fully saturated rings. The molecule has 17 heavy (non-hydrogen) atoms. The lowest BCUT2D eigenvalue weighted by Gasteiger charge is -2.33. The Morgan fingerprint density at radius 2 is 1.71 bits per heavy atom. The molecule has 98 valence electrons. The fourth-order valence-corrected chi connectivity index (χ4v) is 2.61. The quantitative estimate of drug-likeness (QED) is 0.800. The van der Waals surface area contributed by atoms with Crippen LogP contribution < -0.4 is 5.32 Å². The molecule has 0 saturated heterocycles. The Balaban J connectivity index is 1.82. The Labute approximate surface area is 98.9 Å². The normalized spacial score (nSPS) is 30.8. The molecule has 5 heteroatoms. The van der Waals surface area contributed by atoms with Gasteiger partial charge in [-0.25, -0.2) is 0 Å². The molecule has 0 unspecified atom stereocenters. The van der Waals surface area contributed by atoms with Crippen LogP contribution in [0.25, 0.3) is 0 Å². The maximum absolute atomic E-state index is 12.6. The van der Waals surface area contributed by atoms with Crippen molar-refractivity contribution in [3.8, 4) is 0 Å². The fraction of sp³-hybridized carbons (Fsp3) is 0.917. The first-order valence-electron chi connectivity index (χ1n) is 6.34. The van der Waals surface area contributed by atoms with Gasteiger partial charge in [0.05, 0.1) is 5.92 Å². The standard InChI is InChI=1S/C12H18F3NO/c13-12(14,15)9-5-2-6-10(7-9)16-11(17)8-3-1-4-8/h8-10H,1-7H2,(H,16,17)/t9-,10+/m1/s1. The molecule has 0 aromatic rings. The Morgan fingerprint density at radius 1 is 1.06 bits per heavy atom. The monoisotopic (exact) mass is 249 g/mol. The number of amides is 1. The van der Waals surface area contributed by atoms with Crippen LogP contribution in [0.1, 0.15) is 44.9 Å². The Bertz CT molecular complexity index is 286. The molecule has 0 bridgehead atoms. The van der Waals surface area contributed by atoms with Gasteiger partial charge in [0.2, 0.25) is 5.91 Å². The molecule has 2 nitrogen and oxygen atoms in total. The van der Waals surface area contributed by atoms with Crippen LogP contribution in [0.5, 0.6) is 0 Å². The summed E-state index contributed by atoms with van der Waals surface area (Å²) in [5.74, 6) is -1.21. The maximum atomic E-state index is 12.6. The van der Waals surface area contributed by atoms with Crippen LogP contribution in [-0.2, 0) is 4.79 Å². The summed E-state index contributed by atoms with van der Waals surface area (Å²) < 4.78 is 37.7. The lowest BCUT2D eigenvalue weighted by molar-refractivity contribution is -0.184. The van der Waals surface area contributed by atoms with Crippen molar-refractivity contribution in [2.75, 3.05) is 0 Å². The molecule has 0 aromatic carbocycles. The molecule has 2 saturated carbocycles. The largest absolute Gasteiger partial charge is 0.391 e. The van der Waals surface area contributed by atoms with E-state index in [9.17, 15) is 18.0 Å².